The van der Waals surface area contributed by atoms with E-state index in [0.717, 1.165) is 31.6 Å². The number of nitrogens with zero attached hydrogens (tertiary/aromatic N) is 3. The van der Waals surface area contributed by atoms with E-state index in [1.165, 1.54) is 5.56 Å². The van der Waals surface area contributed by atoms with Gasteiger partial charge in [-0.15, -0.1) is 23.1 Å². The number of hydrogen-bond acceptors (Lipinski definition) is 6. The summed E-state index contributed by atoms with van der Waals surface area (Å²) < 4.78 is 0.995. The van der Waals surface area contributed by atoms with Crippen molar-refractivity contribution in [2.75, 3.05) is 11.6 Å². The van der Waals surface area contributed by atoms with Crippen LogP contribution in [0.2, 0.25) is 0 Å². The second-order valence-electron chi connectivity index (χ2n) is 6.41. The number of anilines is 2. The highest BCUT2D eigenvalue weighted by Gasteiger charge is 2.21. The van der Waals surface area contributed by atoms with Gasteiger partial charge in [-0.05, 0) is 36.9 Å². The Labute approximate surface area is 178 Å². The number of para-hydroxylation sites is 1. The third kappa shape index (κ3) is 4.02. The van der Waals surface area contributed by atoms with E-state index < -0.39 is 0 Å². The van der Waals surface area contributed by atoms with Crippen molar-refractivity contribution in [1.29, 1.82) is 5.26 Å². The maximum atomic E-state index is 9.85. The number of benzene rings is 2. The number of nitrogens with one attached hydrogen (secondary N) is 1. The lowest BCUT2D eigenvalue weighted by Crippen LogP contribution is -1.97. The van der Waals surface area contributed by atoms with E-state index in [1.54, 1.807) is 29.3 Å². The van der Waals surface area contributed by atoms with Crippen LogP contribution in [0.25, 0.3) is 21.7 Å². The molecule has 2 aromatic heterocycles. The number of hydrogen-bond donors (Lipinski definition) is 1. The molecule has 0 saturated heterocycles. The quantitative estimate of drug-likeness (QED) is 0.377. The minimum atomic E-state index is 0.529. The highest BCUT2D eigenvalue weighted by atomic mass is 32.2. The molecule has 0 aliphatic carbocycles. The molecule has 4 nitrogen and oxygen atoms in total. The third-order valence-electron chi connectivity index (χ3n) is 4.43. The van der Waals surface area contributed by atoms with Gasteiger partial charge >= 0.3 is 0 Å². The summed E-state index contributed by atoms with van der Waals surface area (Å²) >= 11 is 3.19. The van der Waals surface area contributed by atoms with E-state index in [2.05, 4.69) is 47.6 Å². The third-order valence-corrected chi connectivity index (χ3v) is 6.76. The van der Waals surface area contributed by atoms with Crippen LogP contribution >= 0.6 is 23.1 Å². The molecule has 0 amide bonds. The van der Waals surface area contributed by atoms with Crippen LogP contribution in [0.1, 0.15) is 11.1 Å². The molecule has 2 aromatic carbocycles. The summed E-state index contributed by atoms with van der Waals surface area (Å²) in [5.41, 5.74) is 5.58. The first-order chi connectivity index (χ1) is 14.2. The van der Waals surface area contributed by atoms with Gasteiger partial charge < -0.3 is 5.32 Å². The lowest BCUT2D eigenvalue weighted by atomic mass is 10.00. The molecule has 0 saturated carbocycles. The predicted molar refractivity (Wildman–Crippen MR) is 122 cm³/mol. The Hall–Kier alpha value is -3.14. The molecule has 2 heterocycles. The molecule has 4 aromatic rings. The summed E-state index contributed by atoms with van der Waals surface area (Å²) in [6.07, 6.45) is 3.74. The van der Waals surface area contributed by atoms with Crippen molar-refractivity contribution in [1.82, 2.24) is 9.97 Å². The lowest BCUT2D eigenvalue weighted by Gasteiger charge is -2.08. The Morgan fingerprint density at radius 3 is 2.48 bits per heavy atom. The summed E-state index contributed by atoms with van der Waals surface area (Å²) in [4.78, 5) is 10.1. The monoisotopic (exact) mass is 414 g/mol. The molecule has 0 aliphatic heterocycles. The summed E-state index contributed by atoms with van der Waals surface area (Å²) in [5.74, 6) is 0.529. The first-order valence-corrected chi connectivity index (χ1v) is 11.1. The predicted octanol–water partition coefficient (Wildman–Crippen LogP) is 6.52. The van der Waals surface area contributed by atoms with Crippen molar-refractivity contribution in [3.05, 3.63) is 78.0 Å². The van der Waals surface area contributed by atoms with E-state index >= 15 is 0 Å². The van der Waals surface area contributed by atoms with Crippen LogP contribution in [0.5, 0.6) is 0 Å². The first kappa shape index (κ1) is 19.2. The zero-order valence-electron chi connectivity index (χ0n) is 16.0. The smallest absolute Gasteiger partial charge is 0.227 e. The van der Waals surface area contributed by atoms with Crippen LogP contribution in [0.4, 0.5) is 11.6 Å². The molecule has 0 fully saturated rings. The summed E-state index contributed by atoms with van der Waals surface area (Å²) in [7, 11) is 0. The Morgan fingerprint density at radius 1 is 1.03 bits per heavy atom. The molecule has 0 spiro atoms. The highest BCUT2D eigenvalue weighted by molar-refractivity contribution is 8.00. The number of thiophene rings is 1. The Balaban J connectivity index is 1.83. The van der Waals surface area contributed by atoms with Crippen molar-refractivity contribution in [3.63, 3.8) is 0 Å². The summed E-state index contributed by atoms with van der Waals surface area (Å²) in [5, 5.41) is 13.1. The van der Waals surface area contributed by atoms with Gasteiger partial charge in [0, 0.05) is 17.4 Å². The van der Waals surface area contributed by atoms with Crippen LogP contribution in [0.15, 0.2) is 71.1 Å². The van der Waals surface area contributed by atoms with E-state index in [4.69, 9.17) is 4.98 Å². The first-order valence-electron chi connectivity index (χ1n) is 9.03. The molecule has 1 N–H and O–H groups in total. The van der Waals surface area contributed by atoms with Gasteiger partial charge in [0.25, 0.3) is 0 Å². The highest BCUT2D eigenvalue weighted by Crippen LogP contribution is 2.45. The molecule has 0 bridgehead atoms. The molecule has 6 heteroatoms. The molecule has 0 radical (unpaired) electrons. The van der Waals surface area contributed by atoms with E-state index in [9.17, 15) is 5.26 Å². The van der Waals surface area contributed by atoms with Crippen molar-refractivity contribution >= 4 is 34.7 Å². The number of aryl methyl sites for hydroxylation is 1. The fraction of sp³-hybridized carbons (Fsp3) is 0.0870. The van der Waals surface area contributed by atoms with Crippen LogP contribution < -0.4 is 5.32 Å². The van der Waals surface area contributed by atoms with Gasteiger partial charge in [0.05, 0.1) is 20.3 Å². The Morgan fingerprint density at radius 2 is 1.79 bits per heavy atom. The van der Waals surface area contributed by atoms with Crippen molar-refractivity contribution in [2.45, 2.75) is 11.1 Å². The lowest BCUT2D eigenvalue weighted by molar-refractivity contribution is 1.17. The van der Waals surface area contributed by atoms with E-state index in [1.807, 2.05) is 42.7 Å². The molecule has 0 atom stereocenters. The molecule has 0 aliphatic rings. The van der Waals surface area contributed by atoms with Gasteiger partial charge in [-0.1, -0.05) is 48.0 Å². The zero-order valence-corrected chi connectivity index (χ0v) is 17.6. The van der Waals surface area contributed by atoms with Crippen LogP contribution in [-0.2, 0) is 0 Å². The number of nitriles is 1. The molecule has 29 heavy (non-hydrogen) atoms. The fourth-order valence-electron chi connectivity index (χ4n) is 3.03. The van der Waals surface area contributed by atoms with E-state index in [-0.39, 0.29) is 0 Å². The fourth-order valence-corrected chi connectivity index (χ4v) is 4.94. The Kier molecular flexibility index (Phi) is 5.61. The van der Waals surface area contributed by atoms with Crippen LogP contribution in [0, 0.1) is 18.3 Å². The topological polar surface area (TPSA) is 61.6 Å². The van der Waals surface area contributed by atoms with Gasteiger partial charge in [-0.3, -0.25) is 0 Å². The van der Waals surface area contributed by atoms with Gasteiger partial charge in [-0.2, -0.15) is 5.26 Å². The van der Waals surface area contributed by atoms with Crippen LogP contribution in [0.3, 0.4) is 0 Å². The summed E-state index contributed by atoms with van der Waals surface area (Å²) in [6, 6.07) is 22.4. The molecule has 142 valence electrons. The molecular weight excluding hydrogens is 396 g/mol. The minimum absolute atomic E-state index is 0.529. The Bertz CT molecular complexity index is 1180. The maximum Gasteiger partial charge on any atom is 0.227 e. The van der Waals surface area contributed by atoms with Crippen LogP contribution in [-0.4, -0.2) is 16.2 Å². The average Bonchev–Trinajstić information content (AvgIpc) is 3.14. The zero-order chi connectivity index (χ0) is 20.2. The standard InChI is InChI=1S/C23H18N4S2/c1-15-8-10-16(11-9-15)20-18(14-24)22(28-2)29-21(20)19-12-13-25-23(27-19)26-17-6-4-3-5-7-17/h3-13H,1-2H3,(H,25,26,27). The maximum absolute atomic E-state index is 9.85. The summed E-state index contributed by atoms with van der Waals surface area (Å²) in [6.45, 7) is 2.06. The van der Waals surface area contributed by atoms with Gasteiger partial charge in [0.2, 0.25) is 5.95 Å². The average molecular weight is 415 g/mol. The number of aromatic nitrogens is 2. The van der Waals surface area contributed by atoms with Crippen molar-refractivity contribution in [2.24, 2.45) is 0 Å². The second kappa shape index (κ2) is 8.48. The molecule has 0 unspecified atom stereocenters. The van der Waals surface area contributed by atoms with Gasteiger partial charge in [0.1, 0.15) is 6.07 Å². The molecule has 4 rings (SSSR count). The van der Waals surface area contributed by atoms with Crippen molar-refractivity contribution in [3.8, 4) is 27.8 Å². The SMILES string of the molecule is CSc1sc(-c2ccnc(Nc3ccccc3)n2)c(-c2ccc(C)cc2)c1C#N. The number of thioether (sulfide) groups is 1. The number of rotatable bonds is 5. The minimum Gasteiger partial charge on any atom is -0.324 e. The van der Waals surface area contributed by atoms with Gasteiger partial charge in [-0.25, -0.2) is 9.97 Å². The largest absolute Gasteiger partial charge is 0.324 e. The van der Waals surface area contributed by atoms with Gasteiger partial charge in [0.15, 0.2) is 0 Å². The van der Waals surface area contributed by atoms with Crippen molar-refractivity contribution < 1.29 is 0 Å². The molecular formula is C23H18N4S2. The van der Waals surface area contributed by atoms with E-state index in [0.29, 0.717) is 11.5 Å². The normalized spacial score (nSPS) is 10.5. The second-order valence-corrected chi connectivity index (χ2v) is 8.50.